The normalized spacial score (nSPS) is 10.8. The van der Waals surface area contributed by atoms with Gasteiger partial charge < -0.3 is 9.15 Å². The number of amides is 1. The van der Waals surface area contributed by atoms with Crippen molar-refractivity contribution in [3.05, 3.63) is 75.9 Å². The first-order valence-corrected chi connectivity index (χ1v) is 8.84. The van der Waals surface area contributed by atoms with Crippen LogP contribution in [0.1, 0.15) is 5.76 Å². The highest BCUT2D eigenvalue weighted by Crippen LogP contribution is 2.24. The molecule has 0 atom stereocenters. The van der Waals surface area contributed by atoms with Gasteiger partial charge in [0.1, 0.15) is 17.3 Å². The van der Waals surface area contributed by atoms with Crippen molar-refractivity contribution in [3.63, 3.8) is 0 Å². The lowest BCUT2D eigenvalue weighted by Crippen LogP contribution is -2.24. The van der Waals surface area contributed by atoms with Gasteiger partial charge in [0.15, 0.2) is 6.61 Å². The average Bonchev–Trinajstić information content (AvgIpc) is 3.10. The zero-order valence-electron chi connectivity index (χ0n) is 13.5. The fourth-order valence-corrected chi connectivity index (χ4v) is 2.55. The van der Waals surface area contributed by atoms with Gasteiger partial charge in [-0.1, -0.05) is 51.8 Å². The van der Waals surface area contributed by atoms with Crippen LogP contribution in [0.25, 0.3) is 11.3 Å². The summed E-state index contributed by atoms with van der Waals surface area (Å²) in [7, 11) is 0. The molecular formula is C19H14BrClN2O3. The summed E-state index contributed by atoms with van der Waals surface area (Å²) in [6, 6.07) is 18.3. The largest absolute Gasteiger partial charge is 0.482 e. The average molecular weight is 434 g/mol. The number of hydrogen-bond donors (Lipinski definition) is 1. The number of rotatable bonds is 6. The van der Waals surface area contributed by atoms with E-state index in [4.69, 9.17) is 20.8 Å². The monoisotopic (exact) mass is 432 g/mol. The lowest BCUT2D eigenvalue weighted by molar-refractivity contribution is -0.123. The van der Waals surface area contributed by atoms with Crippen LogP contribution in [0.4, 0.5) is 0 Å². The Morgan fingerprint density at radius 1 is 1.15 bits per heavy atom. The Kier molecular flexibility index (Phi) is 6.09. The highest BCUT2D eigenvalue weighted by atomic mass is 79.9. The molecule has 26 heavy (non-hydrogen) atoms. The third-order valence-electron chi connectivity index (χ3n) is 3.33. The van der Waals surface area contributed by atoms with Gasteiger partial charge in [0.2, 0.25) is 0 Å². The molecule has 0 spiro atoms. The first-order chi connectivity index (χ1) is 12.6. The van der Waals surface area contributed by atoms with E-state index in [1.807, 2.05) is 30.3 Å². The predicted octanol–water partition coefficient (Wildman–Crippen LogP) is 4.89. The third-order valence-corrected chi connectivity index (χ3v) is 4.17. The summed E-state index contributed by atoms with van der Waals surface area (Å²) in [6.45, 7) is -0.191. The Bertz CT molecular complexity index is 923. The van der Waals surface area contributed by atoms with Crippen LogP contribution < -0.4 is 10.2 Å². The molecular weight excluding hydrogens is 420 g/mol. The molecule has 1 heterocycles. The highest BCUT2D eigenvalue weighted by molar-refractivity contribution is 9.10. The van der Waals surface area contributed by atoms with Crippen LogP contribution in [0.5, 0.6) is 5.75 Å². The van der Waals surface area contributed by atoms with Crippen molar-refractivity contribution in [2.24, 2.45) is 5.10 Å². The minimum Gasteiger partial charge on any atom is -0.482 e. The van der Waals surface area contributed by atoms with Crippen molar-refractivity contribution in [2.75, 3.05) is 6.61 Å². The zero-order chi connectivity index (χ0) is 18.4. The van der Waals surface area contributed by atoms with Crippen LogP contribution in [-0.4, -0.2) is 18.7 Å². The molecule has 0 radical (unpaired) electrons. The number of carbonyl (C=O) groups excluding carboxylic acids is 1. The number of furan rings is 1. The van der Waals surface area contributed by atoms with Gasteiger partial charge >= 0.3 is 0 Å². The summed E-state index contributed by atoms with van der Waals surface area (Å²) in [4.78, 5) is 11.7. The number of nitrogens with zero attached hydrogens (tertiary/aromatic N) is 1. The molecule has 0 saturated heterocycles. The topological polar surface area (TPSA) is 63.8 Å². The van der Waals surface area contributed by atoms with Crippen molar-refractivity contribution in [3.8, 4) is 17.1 Å². The number of hydrazone groups is 1. The lowest BCUT2D eigenvalue weighted by Gasteiger charge is -2.06. The van der Waals surface area contributed by atoms with Crippen LogP contribution in [-0.2, 0) is 4.79 Å². The number of nitrogens with one attached hydrogen (secondary N) is 1. The van der Waals surface area contributed by atoms with Crippen LogP contribution in [0, 0.1) is 0 Å². The van der Waals surface area contributed by atoms with E-state index >= 15 is 0 Å². The second-order valence-corrected chi connectivity index (χ2v) is 6.54. The van der Waals surface area contributed by atoms with Gasteiger partial charge in [0.05, 0.1) is 11.2 Å². The maximum absolute atomic E-state index is 11.7. The van der Waals surface area contributed by atoms with Crippen molar-refractivity contribution >= 4 is 39.7 Å². The number of hydrogen-bond acceptors (Lipinski definition) is 4. The molecule has 1 N–H and O–H groups in total. The Labute approximate surface area is 163 Å². The number of benzene rings is 2. The standard InChI is InChI=1S/C19H14BrClN2O3/c20-14-7-5-13(6-8-14)17-10-9-15(26-17)11-22-23-19(24)12-25-18-4-2-1-3-16(18)21/h1-11H,12H2,(H,23,24)/b22-11+. The lowest BCUT2D eigenvalue weighted by atomic mass is 10.2. The quantitative estimate of drug-likeness (QED) is 0.444. The van der Waals surface area contributed by atoms with E-state index in [1.165, 1.54) is 6.21 Å². The van der Waals surface area contributed by atoms with E-state index in [0.717, 1.165) is 10.0 Å². The van der Waals surface area contributed by atoms with Crippen molar-refractivity contribution < 1.29 is 13.9 Å². The van der Waals surface area contributed by atoms with Crippen LogP contribution >= 0.6 is 27.5 Å². The van der Waals surface area contributed by atoms with E-state index in [-0.39, 0.29) is 6.61 Å². The second-order valence-electron chi connectivity index (χ2n) is 5.22. The number of para-hydroxylation sites is 1. The summed E-state index contributed by atoms with van der Waals surface area (Å²) in [5.41, 5.74) is 3.32. The Morgan fingerprint density at radius 3 is 2.69 bits per heavy atom. The molecule has 5 nitrogen and oxygen atoms in total. The molecule has 7 heteroatoms. The maximum Gasteiger partial charge on any atom is 0.277 e. The van der Waals surface area contributed by atoms with Gasteiger partial charge in [-0.05, 0) is 36.4 Å². The minimum atomic E-state index is -0.402. The van der Waals surface area contributed by atoms with Crippen molar-refractivity contribution in [1.29, 1.82) is 0 Å². The maximum atomic E-state index is 11.7. The molecule has 0 aliphatic rings. The van der Waals surface area contributed by atoms with Crippen molar-refractivity contribution in [1.82, 2.24) is 5.43 Å². The molecule has 0 saturated carbocycles. The van der Waals surface area contributed by atoms with Gasteiger partial charge in [-0.3, -0.25) is 4.79 Å². The van der Waals surface area contributed by atoms with E-state index in [0.29, 0.717) is 22.3 Å². The van der Waals surface area contributed by atoms with Crippen LogP contribution in [0.3, 0.4) is 0 Å². The summed E-state index contributed by atoms with van der Waals surface area (Å²) < 4.78 is 12.0. The molecule has 3 aromatic rings. The molecule has 0 bridgehead atoms. The molecule has 1 aromatic heterocycles. The fourth-order valence-electron chi connectivity index (χ4n) is 2.10. The minimum absolute atomic E-state index is 0.191. The molecule has 0 fully saturated rings. The molecule has 0 unspecified atom stereocenters. The van der Waals surface area contributed by atoms with Crippen LogP contribution in [0.15, 0.2) is 74.7 Å². The molecule has 1 amide bonds. The van der Waals surface area contributed by atoms with Gasteiger partial charge in [0, 0.05) is 10.0 Å². The van der Waals surface area contributed by atoms with Gasteiger partial charge in [-0.2, -0.15) is 5.10 Å². The van der Waals surface area contributed by atoms with Crippen molar-refractivity contribution in [2.45, 2.75) is 0 Å². The smallest absolute Gasteiger partial charge is 0.277 e. The molecule has 0 aliphatic carbocycles. The molecule has 0 aliphatic heterocycles. The van der Waals surface area contributed by atoms with Crippen LogP contribution in [0.2, 0.25) is 5.02 Å². The van der Waals surface area contributed by atoms with E-state index in [2.05, 4.69) is 26.5 Å². The van der Waals surface area contributed by atoms with Gasteiger partial charge in [0.25, 0.3) is 5.91 Å². The Hall–Kier alpha value is -2.57. The zero-order valence-corrected chi connectivity index (χ0v) is 15.8. The summed E-state index contributed by atoms with van der Waals surface area (Å²) >= 11 is 9.35. The Morgan fingerprint density at radius 2 is 1.92 bits per heavy atom. The number of halogens is 2. The van der Waals surface area contributed by atoms with Gasteiger partial charge in [-0.15, -0.1) is 0 Å². The summed E-state index contributed by atoms with van der Waals surface area (Å²) in [5.74, 6) is 1.28. The number of carbonyl (C=O) groups is 1. The van der Waals surface area contributed by atoms with E-state index in [9.17, 15) is 4.79 Å². The predicted molar refractivity (Wildman–Crippen MR) is 105 cm³/mol. The molecule has 132 valence electrons. The van der Waals surface area contributed by atoms with E-state index in [1.54, 1.807) is 30.3 Å². The molecule has 3 rings (SSSR count). The first-order valence-electron chi connectivity index (χ1n) is 7.67. The summed E-state index contributed by atoms with van der Waals surface area (Å²) in [6.07, 6.45) is 1.43. The molecule has 2 aromatic carbocycles. The Balaban J connectivity index is 1.51. The van der Waals surface area contributed by atoms with E-state index < -0.39 is 5.91 Å². The second kappa shape index (κ2) is 8.69. The fraction of sp³-hybridized carbons (Fsp3) is 0.0526. The SMILES string of the molecule is O=C(COc1ccccc1Cl)N/N=C/c1ccc(-c2ccc(Br)cc2)o1. The summed E-state index contributed by atoms with van der Waals surface area (Å²) in [5, 5.41) is 4.30. The highest BCUT2D eigenvalue weighted by Gasteiger charge is 2.05. The van der Waals surface area contributed by atoms with Gasteiger partial charge in [-0.25, -0.2) is 5.43 Å². The number of ether oxygens (including phenoxy) is 1. The third kappa shape index (κ3) is 4.97. The first kappa shape index (κ1) is 18.2.